The van der Waals surface area contributed by atoms with Crippen LogP contribution in [0.5, 0.6) is 11.5 Å². The van der Waals surface area contributed by atoms with Crippen molar-refractivity contribution in [3.8, 4) is 17.6 Å². The Labute approximate surface area is 164 Å². The van der Waals surface area contributed by atoms with Gasteiger partial charge in [0.1, 0.15) is 0 Å². The van der Waals surface area contributed by atoms with Gasteiger partial charge in [0.15, 0.2) is 11.5 Å². The van der Waals surface area contributed by atoms with Crippen LogP contribution in [0.25, 0.3) is 11.6 Å². The summed E-state index contributed by atoms with van der Waals surface area (Å²) in [6.45, 7) is 2.71. The van der Waals surface area contributed by atoms with E-state index in [0.717, 1.165) is 31.3 Å². The molecule has 0 amide bonds. The summed E-state index contributed by atoms with van der Waals surface area (Å²) in [6, 6.07) is 13.8. The third kappa shape index (κ3) is 4.74. The molecule has 0 atom stereocenters. The number of hydrogen-bond donors (Lipinski definition) is 0. The van der Waals surface area contributed by atoms with Crippen LogP contribution in [0.2, 0.25) is 0 Å². The second-order valence-corrected chi connectivity index (χ2v) is 7.14. The first-order valence-corrected chi connectivity index (χ1v) is 9.34. The molecule has 0 N–H and O–H groups in total. The molecule has 0 radical (unpaired) electrons. The minimum Gasteiger partial charge on any atom is -0.493 e. The molecular weight excluding hydrogens is 481 g/mol. The molecule has 5 heteroatoms. The van der Waals surface area contributed by atoms with Crippen LogP contribution >= 0.6 is 38.5 Å². The lowest BCUT2D eigenvalue weighted by Crippen LogP contribution is -2.00. The number of halogens is 2. The van der Waals surface area contributed by atoms with E-state index in [9.17, 15) is 5.26 Å². The Hall–Kier alpha value is -1.52. The maximum atomic E-state index is 9.49. The summed E-state index contributed by atoms with van der Waals surface area (Å²) in [5.41, 5.74) is 2.38. The molecule has 24 heavy (non-hydrogen) atoms. The molecule has 0 fully saturated rings. The highest BCUT2D eigenvalue weighted by molar-refractivity contribution is 14.1. The van der Waals surface area contributed by atoms with Crippen LogP contribution < -0.4 is 9.47 Å². The highest BCUT2D eigenvalue weighted by Crippen LogP contribution is 2.35. The van der Waals surface area contributed by atoms with Gasteiger partial charge in [-0.25, -0.2) is 0 Å². The van der Waals surface area contributed by atoms with Gasteiger partial charge in [0.2, 0.25) is 0 Å². The zero-order chi connectivity index (χ0) is 17.5. The molecule has 0 bridgehead atoms. The lowest BCUT2D eigenvalue weighted by atomic mass is 10.0. The predicted molar refractivity (Wildman–Crippen MR) is 109 cm³/mol. The van der Waals surface area contributed by atoms with Gasteiger partial charge in [-0.15, -0.1) is 0 Å². The Morgan fingerprint density at radius 3 is 2.58 bits per heavy atom. The molecule has 0 saturated carbocycles. The Morgan fingerprint density at radius 1 is 1.29 bits per heavy atom. The lowest BCUT2D eigenvalue weighted by Gasteiger charge is -2.13. The second-order valence-electron chi connectivity index (χ2n) is 5.06. The van der Waals surface area contributed by atoms with E-state index in [-0.39, 0.29) is 0 Å². The van der Waals surface area contributed by atoms with Crippen LogP contribution in [0.15, 0.2) is 40.9 Å². The molecule has 124 valence electrons. The van der Waals surface area contributed by atoms with E-state index in [1.807, 2.05) is 42.5 Å². The third-order valence-electron chi connectivity index (χ3n) is 3.29. The van der Waals surface area contributed by atoms with Crippen LogP contribution in [0.3, 0.4) is 0 Å². The molecule has 0 unspecified atom stereocenters. The summed E-state index contributed by atoms with van der Waals surface area (Å²) in [7, 11) is 1.62. The number of nitriles is 1. The van der Waals surface area contributed by atoms with Gasteiger partial charge in [-0.2, -0.15) is 5.26 Å². The van der Waals surface area contributed by atoms with Gasteiger partial charge < -0.3 is 9.47 Å². The predicted octanol–water partition coefficient (Wildman–Crippen LogP) is 5.92. The van der Waals surface area contributed by atoms with Gasteiger partial charge in [-0.3, -0.25) is 0 Å². The molecule has 0 saturated heterocycles. The first-order chi connectivity index (χ1) is 11.6. The summed E-state index contributed by atoms with van der Waals surface area (Å²) in [4.78, 5) is 0. The Morgan fingerprint density at radius 2 is 2.00 bits per heavy atom. The zero-order valence-corrected chi connectivity index (χ0v) is 17.2. The molecule has 2 aromatic rings. The number of rotatable bonds is 6. The van der Waals surface area contributed by atoms with E-state index >= 15 is 0 Å². The van der Waals surface area contributed by atoms with Crippen molar-refractivity contribution >= 4 is 50.2 Å². The van der Waals surface area contributed by atoms with Crippen LogP contribution in [0, 0.1) is 14.9 Å². The Kier molecular flexibility index (Phi) is 7.13. The minimum absolute atomic E-state index is 0.600. The van der Waals surface area contributed by atoms with E-state index in [1.165, 1.54) is 0 Å². The molecular formula is C19H17BrINO2. The van der Waals surface area contributed by atoms with Crippen molar-refractivity contribution in [1.82, 2.24) is 0 Å². The van der Waals surface area contributed by atoms with Crippen molar-refractivity contribution in [2.24, 2.45) is 0 Å². The number of allylic oxidation sites excluding steroid dienone is 1. The smallest absolute Gasteiger partial charge is 0.174 e. The Bertz CT molecular complexity index is 779. The topological polar surface area (TPSA) is 42.2 Å². The average molecular weight is 498 g/mol. The first-order valence-electron chi connectivity index (χ1n) is 7.47. The number of ether oxygens (including phenoxy) is 2. The summed E-state index contributed by atoms with van der Waals surface area (Å²) >= 11 is 5.64. The number of nitrogens with zero attached hydrogens (tertiary/aromatic N) is 1. The quantitative estimate of drug-likeness (QED) is 0.283. The monoisotopic (exact) mass is 497 g/mol. The normalized spacial score (nSPS) is 11.0. The molecule has 0 spiro atoms. The molecule has 2 aromatic carbocycles. The fourth-order valence-electron chi connectivity index (χ4n) is 2.14. The number of benzene rings is 2. The van der Waals surface area contributed by atoms with Crippen molar-refractivity contribution in [1.29, 1.82) is 5.26 Å². The second kappa shape index (κ2) is 9.09. The molecule has 0 aliphatic rings. The van der Waals surface area contributed by atoms with E-state index < -0.39 is 0 Å². The molecule has 2 rings (SSSR count). The molecule has 0 aliphatic carbocycles. The first kappa shape index (κ1) is 18.8. The van der Waals surface area contributed by atoms with E-state index in [2.05, 4.69) is 51.5 Å². The van der Waals surface area contributed by atoms with Crippen molar-refractivity contribution in [2.75, 3.05) is 13.7 Å². The van der Waals surface area contributed by atoms with Gasteiger partial charge >= 0.3 is 0 Å². The molecule has 0 aromatic heterocycles. The van der Waals surface area contributed by atoms with Crippen LogP contribution in [-0.2, 0) is 0 Å². The Balaban J connectivity index is 2.42. The van der Waals surface area contributed by atoms with Gasteiger partial charge in [-0.05, 0) is 70.5 Å². The number of methoxy groups -OCH3 is 1. The summed E-state index contributed by atoms with van der Waals surface area (Å²) in [6.07, 6.45) is 2.79. The maximum absolute atomic E-state index is 9.49. The van der Waals surface area contributed by atoms with Crippen molar-refractivity contribution in [3.05, 3.63) is 55.6 Å². The lowest BCUT2D eigenvalue weighted by molar-refractivity contribution is 0.292. The molecule has 3 nitrogen and oxygen atoms in total. The fraction of sp³-hybridized carbons (Fsp3) is 0.211. The fourth-order valence-corrected chi connectivity index (χ4v) is 3.19. The highest BCUT2D eigenvalue weighted by Gasteiger charge is 2.11. The van der Waals surface area contributed by atoms with Crippen molar-refractivity contribution in [2.45, 2.75) is 13.3 Å². The van der Waals surface area contributed by atoms with Gasteiger partial charge in [0, 0.05) is 4.47 Å². The summed E-state index contributed by atoms with van der Waals surface area (Å²) in [5, 5.41) is 9.49. The maximum Gasteiger partial charge on any atom is 0.174 e. The van der Waals surface area contributed by atoms with Crippen LogP contribution in [0.4, 0.5) is 0 Å². The van der Waals surface area contributed by atoms with Crippen LogP contribution in [0.1, 0.15) is 24.5 Å². The van der Waals surface area contributed by atoms with E-state index in [4.69, 9.17) is 9.47 Å². The van der Waals surface area contributed by atoms with Crippen molar-refractivity contribution in [3.63, 3.8) is 0 Å². The molecule has 0 heterocycles. The van der Waals surface area contributed by atoms with Gasteiger partial charge in [0.25, 0.3) is 0 Å². The van der Waals surface area contributed by atoms with Crippen LogP contribution in [-0.4, -0.2) is 13.7 Å². The molecule has 0 aliphatic heterocycles. The summed E-state index contributed by atoms with van der Waals surface area (Å²) < 4.78 is 13.2. The van der Waals surface area contributed by atoms with Gasteiger partial charge in [0.05, 0.1) is 28.9 Å². The summed E-state index contributed by atoms with van der Waals surface area (Å²) in [5.74, 6) is 1.42. The largest absolute Gasteiger partial charge is 0.493 e. The minimum atomic E-state index is 0.600. The third-order valence-corrected chi connectivity index (χ3v) is 4.62. The van der Waals surface area contributed by atoms with Gasteiger partial charge in [-0.1, -0.05) is 35.0 Å². The number of hydrogen-bond acceptors (Lipinski definition) is 3. The highest BCUT2D eigenvalue weighted by atomic mass is 127. The zero-order valence-electron chi connectivity index (χ0n) is 13.5. The average Bonchev–Trinajstić information content (AvgIpc) is 2.59. The van der Waals surface area contributed by atoms with E-state index in [1.54, 1.807) is 7.11 Å². The standard InChI is InChI=1S/C19H17BrINO2/c1-3-8-24-19-17(21)10-13(11-18(19)23-2)9-15(12-22)14-4-6-16(20)7-5-14/h4-7,9-11H,3,8H2,1-2H3/b15-9+. The SMILES string of the molecule is CCCOc1c(I)cc(/C=C(\C#N)c2ccc(Br)cc2)cc1OC. The van der Waals surface area contributed by atoms with E-state index in [0.29, 0.717) is 17.9 Å². The van der Waals surface area contributed by atoms with Crippen molar-refractivity contribution < 1.29 is 9.47 Å².